The summed E-state index contributed by atoms with van der Waals surface area (Å²) in [6.07, 6.45) is -3.89. The lowest BCUT2D eigenvalue weighted by molar-refractivity contribution is -0.138. The van der Waals surface area contributed by atoms with Crippen LogP contribution in [-0.4, -0.2) is 0 Å². The van der Waals surface area contributed by atoms with Gasteiger partial charge >= 0.3 is 6.18 Å². The number of hydrogen-bond acceptors (Lipinski definition) is 2. The number of nitrogens with two attached hydrogens (primary N) is 1. The predicted octanol–water partition coefficient (Wildman–Crippen LogP) is 5.53. The molecule has 7 heteroatoms. The molecule has 0 aliphatic heterocycles. The lowest BCUT2D eigenvalue weighted by Gasteiger charge is -2.15. The highest BCUT2D eigenvalue weighted by Crippen LogP contribution is 2.36. The van der Waals surface area contributed by atoms with Crippen molar-refractivity contribution >= 4 is 43.2 Å². The third-order valence-corrected chi connectivity index (χ3v) is 5.46. The van der Waals surface area contributed by atoms with Gasteiger partial charge < -0.3 is 5.73 Å². The van der Waals surface area contributed by atoms with Crippen molar-refractivity contribution in [1.82, 2.24) is 0 Å². The molecule has 0 saturated carbocycles. The Morgan fingerprint density at radius 3 is 2.40 bits per heavy atom. The fraction of sp³-hybridized carbons (Fsp3) is 0.231. The highest BCUT2D eigenvalue weighted by molar-refractivity contribution is 9.10. The first kappa shape index (κ1) is 16.0. The summed E-state index contributed by atoms with van der Waals surface area (Å²) in [7, 11) is 0. The van der Waals surface area contributed by atoms with Gasteiger partial charge in [-0.2, -0.15) is 13.2 Å². The Bertz CT molecular complexity index is 610. The van der Waals surface area contributed by atoms with E-state index in [0.29, 0.717) is 12.0 Å². The van der Waals surface area contributed by atoms with Gasteiger partial charge in [-0.3, -0.25) is 0 Å². The molecule has 1 unspecified atom stereocenters. The quantitative estimate of drug-likeness (QED) is 0.682. The summed E-state index contributed by atoms with van der Waals surface area (Å²) in [4.78, 5) is 1.02. The monoisotopic (exact) mass is 427 g/mol. The van der Waals surface area contributed by atoms with Crippen LogP contribution in [0.5, 0.6) is 0 Å². The minimum absolute atomic E-state index is 0.0262. The van der Waals surface area contributed by atoms with E-state index in [1.807, 2.05) is 11.4 Å². The molecule has 2 aromatic rings. The maximum Gasteiger partial charge on any atom is 0.417 e. The fourth-order valence-electron chi connectivity index (χ4n) is 1.78. The molecular formula is C13H10Br2F3NS. The number of hydrogen-bond donors (Lipinski definition) is 1. The van der Waals surface area contributed by atoms with Crippen molar-refractivity contribution in [3.05, 3.63) is 54.6 Å². The average molecular weight is 429 g/mol. The Morgan fingerprint density at radius 1 is 1.15 bits per heavy atom. The molecule has 1 aromatic carbocycles. The maximum absolute atomic E-state index is 12.9. The van der Waals surface area contributed by atoms with Gasteiger partial charge in [0.25, 0.3) is 0 Å². The molecule has 1 heterocycles. The Morgan fingerprint density at radius 2 is 1.85 bits per heavy atom. The Labute approximate surface area is 135 Å². The fourth-order valence-corrected chi connectivity index (χ4v) is 3.82. The molecule has 0 radical (unpaired) electrons. The highest BCUT2D eigenvalue weighted by Gasteiger charge is 2.33. The van der Waals surface area contributed by atoms with Crippen molar-refractivity contribution in [2.75, 3.05) is 0 Å². The van der Waals surface area contributed by atoms with Crippen LogP contribution in [0.15, 0.2) is 38.6 Å². The predicted molar refractivity (Wildman–Crippen MR) is 81.8 cm³/mol. The summed E-state index contributed by atoms with van der Waals surface area (Å²) in [5, 5.41) is 1.91. The second-order valence-electron chi connectivity index (χ2n) is 4.24. The molecule has 0 fully saturated rings. The Hall–Kier alpha value is -0.370. The van der Waals surface area contributed by atoms with Gasteiger partial charge in [-0.05, 0) is 45.1 Å². The third kappa shape index (κ3) is 3.63. The minimum Gasteiger partial charge on any atom is -0.324 e. The summed E-state index contributed by atoms with van der Waals surface area (Å²) in [6.45, 7) is 0. The Balaban J connectivity index is 2.27. The highest BCUT2D eigenvalue weighted by atomic mass is 79.9. The molecule has 1 nitrogen and oxygen atoms in total. The number of thiophene rings is 1. The molecule has 1 aromatic heterocycles. The van der Waals surface area contributed by atoms with E-state index < -0.39 is 17.8 Å². The molecule has 0 aliphatic rings. The molecule has 2 rings (SSSR count). The first-order valence-electron chi connectivity index (χ1n) is 5.63. The van der Waals surface area contributed by atoms with Crippen LogP contribution in [-0.2, 0) is 12.6 Å². The zero-order valence-electron chi connectivity index (χ0n) is 10.0. The van der Waals surface area contributed by atoms with Crippen LogP contribution in [0.25, 0.3) is 0 Å². The number of rotatable bonds is 3. The maximum atomic E-state index is 12.9. The number of halogens is 5. The molecule has 0 saturated heterocycles. The van der Waals surface area contributed by atoms with E-state index in [0.717, 1.165) is 15.4 Å². The number of alkyl halides is 3. The van der Waals surface area contributed by atoms with Crippen LogP contribution in [0, 0.1) is 0 Å². The topological polar surface area (TPSA) is 26.0 Å². The molecule has 0 amide bonds. The van der Waals surface area contributed by atoms with Crippen LogP contribution < -0.4 is 5.73 Å². The molecule has 1 atom stereocenters. The van der Waals surface area contributed by atoms with Crippen molar-refractivity contribution in [1.29, 1.82) is 0 Å². The summed E-state index contributed by atoms with van der Waals surface area (Å²) in [5.41, 5.74) is 5.80. The lowest BCUT2D eigenvalue weighted by atomic mass is 10.0. The van der Waals surface area contributed by atoms with Crippen LogP contribution in [0.2, 0.25) is 0 Å². The zero-order valence-corrected chi connectivity index (χ0v) is 14.0. The smallest absolute Gasteiger partial charge is 0.324 e. The second kappa shape index (κ2) is 6.17. The van der Waals surface area contributed by atoms with Crippen LogP contribution >= 0.6 is 43.2 Å². The van der Waals surface area contributed by atoms with Crippen LogP contribution in [0.1, 0.15) is 22.0 Å². The van der Waals surface area contributed by atoms with E-state index in [9.17, 15) is 13.2 Å². The van der Waals surface area contributed by atoms with Crippen molar-refractivity contribution in [3.63, 3.8) is 0 Å². The second-order valence-corrected chi connectivity index (χ2v) is 6.95. The van der Waals surface area contributed by atoms with E-state index >= 15 is 0 Å². The summed E-state index contributed by atoms with van der Waals surface area (Å²) >= 11 is 7.84. The van der Waals surface area contributed by atoms with Gasteiger partial charge in [0.1, 0.15) is 0 Å². The van der Waals surface area contributed by atoms with Gasteiger partial charge in [0.15, 0.2) is 0 Å². The van der Waals surface area contributed by atoms with Gasteiger partial charge in [0.05, 0.1) is 5.56 Å². The van der Waals surface area contributed by atoms with Gasteiger partial charge in [-0.25, -0.2) is 0 Å². The molecule has 2 N–H and O–H groups in total. The van der Waals surface area contributed by atoms with Crippen molar-refractivity contribution in [2.45, 2.75) is 18.6 Å². The van der Waals surface area contributed by atoms with Crippen molar-refractivity contribution < 1.29 is 13.2 Å². The summed E-state index contributed by atoms with van der Waals surface area (Å²) < 4.78 is 39.5. The third-order valence-electron chi connectivity index (χ3n) is 2.82. The van der Waals surface area contributed by atoms with E-state index in [2.05, 4.69) is 31.9 Å². The summed E-state index contributed by atoms with van der Waals surface area (Å²) in [5.74, 6) is 0. The van der Waals surface area contributed by atoms with E-state index in [1.54, 1.807) is 6.07 Å². The van der Waals surface area contributed by atoms with Crippen LogP contribution in [0.3, 0.4) is 0 Å². The van der Waals surface area contributed by atoms with Gasteiger partial charge in [0.2, 0.25) is 0 Å². The summed E-state index contributed by atoms with van der Waals surface area (Å²) in [6, 6.07) is 5.54. The molecule has 0 aliphatic carbocycles. The zero-order chi connectivity index (χ0) is 14.9. The van der Waals surface area contributed by atoms with Crippen LogP contribution in [0.4, 0.5) is 13.2 Å². The average Bonchev–Trinajstić information content (AvgIpc) is 2.74. The van der Waals surface area contributed by atoms with E-state index in [4.69, 9.17) is 5.73 Å². The molecule has 0 spiro atoms. The molecule has 0 bridgehead atoms. The largest absolute Gasteiger partial charge is 0.417 e. The van der Waals surface area contributed by atoms with Crippen molar-refractivity contribution in [3.8, 4) is 0 Å². The number of benzene rings is 1. The normalized spacial score (nSPS) is 13.5. The first-order valence-corrected chi connectivity index (χ1v) is 8.09. The van der Waals surface area contributed by atoms with Gasteiger partial charge in [-0.15, -0.1) is 11.3 Å². The standard InChI is InChI=1S/C13H10Br2F3NS/c14-9-2-1-7(5-8(9)13(16,17)18)11(19)6-12-10(15)3-4-20-12/h1-5,11H,6,19H2. The molecular weight excluding hydrogens is 419 g/mol. The van der Waals surface area contributed by atoms with Crippen molar-refractivity contribution in [2.24, 2.45) is 5.73 Å². The Kier molecular flexibility index (Phi) is 4.94. The van der Waals surface area contributed by atoms with Gasteiger partial charge in [-0.1, -0.05) is 22.0 Å². The van der Waals surface area contributed by atoms with E-state index in [-0.39, 0.29) is 4.47 Å². The van der Waals surface area contributed by atoms with E-state index in [1.165, 1.54) is 17.4 Å². The lowest BCUT2D eigenvalue weighted by Crippen LogP contribution is -2.15. The minimum atomic E-state index is -4.39. The SMILES string of the molecule is NC(Cc1sccc1Br)c1ccc(Br)c(C(F)(F)F)c1. The molecule has 108 valence electrons. The molecule has 20 heavy (non-hydrogen) atoms. The van der Waals surface area contributed by atoms with Gasteiger partial charge in [0, 0.05) is 26.3 Å². The first-order chi connectivity index (χ1) is 9.29.